The van der Waals surface area contributed by atoms with Crippen molar-refractivity contribution in [2.45, 2.75) is 19.4 Å². The molecule has 0 heterocycles. The summed E-state index contributed by atoms with van der Waals surface area (Å²) in [6, 6.07) is 3.81. The minimum Gasteiger partial charge on any atom is -0.493 e. The molecule has 0 aliphatic rings. The molecule has 0 aromatic heterocycles. The van der Waals surface area contributed by atoms with Gasteiger partial charge in [-0.25, -0.2) is 0 Å². The van der Waals surface area contributed by atoms with E-state index in [1.54, 1.807) is 21.3 Å². The highest BCUT2D eigenvalue weighted by Gasteiger charge is 2.24. The van der Waals surface area contributed by atoms with Crippen LogP contribution in [0.2, 0.25) is 0 Å². The van der Waals surface area contributed by atoms with Crippen LogP contribution in [0.15, 0.2) is 16.6 Å². The lowest BCUT2D eigenvalue weighted by atomic mass is 9.97. The molecule has 1 rings (SSSR count). The van der Waals surface area contributed by atoms with E-state index in [0.717, 1.165) is 10.0 Å². The molecule has 0 aliphatic carbocycles. The van der Waals surface area contributed by atoms with E-state index in [0.29, 0.717) is 11.5 Å². The van der Waals surface area contributed by atoms with Crippen molar-refractivity contribution in [3.8, 4) is 11.5 Å². The Morgan fingerprint density at radius 3 is 1.94 bits per heavy atom. The van der Waals surface area contributed by atoms with E-state index in [2.05, 4.69) is 15.9 Å². The van der Waals surface area contributed by atoms with Gasteiger partial charge in [-0.05, 0) is 26.0 Å². The third-order valence-electron chi connectivity index (χ3n) is 2.63. The molecular weight excluding hydrogens is 272 g/mol. The molecule has 0 radical (unpaired) electrons. The summed E-state index contributed by atoms with van der Waals surface area (Å²) in [4.78, 5) is 0. The monoisotopic (exact) mass is 288 g/mol. The molecule has 0 N–H and O–H groups in total. The fourth-order valence-electron chi connectivity index (χ4n) is 1.43. The average molecular weight is 289 g/mol. The molecular formula is C12H17BrO3. The Morgan fingerprint density at radius 2 is 1.50 bits per heavy atom. The van der Waals surface area contributed by atoms with Gasteiger partial charge in [0.15, 0.2) is 11.5 Å². The minimum atomic E-state index is -0.377. The molecule has 16 heavy (non-hydrogen) atoms. The summed E-state index contributed by atoms with van der Waals surface area (Å²) in [5.74, 6) is 1.40. The van der Waals surface area contributed by atoms with Crippen LogP contribution in [0.5, 0.6) is 11.5 Å². The van der Waals surface area contributed by atoms with E-state index in [1.807, 2.05) is 26.0 Å². The Kier molecular flexibility index (Phi) is 4.21. The summed E-state index contributed by atoms with van der Waals surface area (Å²) in [5, 5.41) is 0. The van der Waals surface area contributed by atoms with Crippen LogP contribution >= 0.6 is 15.9 Å². The number of halogens is 1. The van der Waals surface area contributed by atoms with E-state index >= 15 is 0 Å². The largest absolute Gasteiger partial charge is 0.493 e. The van der Waals surface area contributed by atoms with E-state index in [9.17, 15) is 0 Å². The molecule has 0 bridgehead atoms. The highest BCUT2D eigenvalue weighted by atomic mass is 79.9. The fourth-order valence-corrected chi connectivity index (χ4v) is 2.23. The standard InChI is InChI=1S/C12H17BrO3/c1-12(2,16-5)8-6-10(14-3)11(15-4)7-9(8)13/h6-7H,1-5H3. The molecule has 4 heteroatoms. The van der Waals surface area contributed by atoms with Crippen molar-refractivity contribution >= 4 is 15.9 Å². The Hall–Kier alpha value is -0.740. The van der Waals surface area contributed by atoms with Gasteiger partial charge in [-0.3, -0.25) is 0 Å². The van der Waals surface area contributed by atoms with Crippen molar-refractivity contribution < 1.29 is 14.2 Å². The van der Waals surface area contributed by atoms with Crippen LogP contribution in [-0.4, -0.2) is 21.3 Å². The summed E-state index contributed by atoms with van der Waals surface area (Å²) < 4.78 is 16.9. The zero-order chi connectivity index (χ0) is 12.3. The molecule has 0 fully saturated rings. The van der Waals surface area contributed by atoms with Crippen molar-refractivity contribution in [1.82, 2.24) is 0 Å². The quantitative estimate of drug-likeness (QED) is 0.850. The molecule has 0 saturated heterocycles. The molecule has 1 aromatic carbocycles. The van der Waals surface area contributed by atoms with Crippen LogP contribution in [0.4, 0.5) is 0 Å². The summed E-state index contributed by atoms with van der Waals surface area (Å²) in [6.45, 7) is 4.00. The molecule has 0 saturated carbocycles. The molecule has 0 amide bonds. The molecule has 90 valence electrons. The zero-order valence-corrected chi connectivity index (χ0v) is 11.8. The fraction of sp³-hybridized carbons (Fsp3) is 0.500. The van der Waals surface area contributed by atoms with Crippen molar-refractivity contribution in [1.29, 1.82) is 0 Å². The van der Waals surface area contributed by atoms with Crippen molar-refractivity contribution in [2.75, 3.05) is 21.3 Å². The molecule has 0 unspecified atom stereocenters. The van der Waals surface area contributed by atoms with Gasteiger partial charge < -0.3 is 14.2 Å². The highest BCUT2D eigenvalue weighted by Crippen LogP contribution is 2.39. The first-order chi connectivity index (χ1) is 7.46. The van der Waals surface area contributed by atoms with E-state index < -0.39 is 0 Å². The molecule has 1 aromatic rings. The van der Waals surface area contributed by atoms with Crippen LogP contribution in [0.1, 0.15) is 19.4 Å². The maximum absolute atomic E-state index is 5.45. The van der Waals surface area contributed by atoms with Gasteiger partial charge in [0, 0.05) is 17.1 Å². The van der Waals surface area contributed by atoms with Gasteiger partial charge in [0.1, 0.15) is 0 Å². The van der Waals surface area contributed by atoms with Gasteiger partial charge >= 0.3 is 0 Å². The minimum absolute atomic E-state index is 0.377. The second-order valence-electron chi connectivity index (χ2n) is 3.90. The van der Waals surface area contributed by atoms with Crippen LogP contribution in [0.25, 0.3) is 0 Å². The van der Waals surface area contributed by atoms with E-state index in [4.69, 9.17) is 14.2 Å². The first-order valence-electron chi connectivity index (χ1n) is 4.93. The molecule has 3 nitrogen and oxygen atoms in total. The van der Waals surface area contributed by atoms with Crippen molar-refractivity contribution in [3.63, 3.8) is 0 Å². The molecule has 0 spiro atoms. The zero-order valence-electron chi connectivity index (χ0n) is 10.3. The summed E-state index contributed by atoms with van der Waals surface area (Å²) >= 11 is 3.51. The first-order valence-corrected chi connectivity index (χ1v) is 5.72. The topological polar surface area (TPSA) is 27.7 Å². The number of rotatable bonds is 4. The van der Waals surface area contributed by atoms with Gasteiger partial charge in [0.25, 0.3) is 0 Å². The Balaban J connectivity index is 3.32. The second-order valence-corrected chi connectivity index (χ2v) is 4.76. The lowest BCUT2D eigenvalue weighted by Gasteiger charge is -2.25. The summed E-state index contributed by atoms with van der Waals surface area (Å²) in [7, 11) is 4.92. The summed E-state index contributed by atoms with van der Waals surface area (Å²) in [5.41, 5.74) is 0.644. The number of ether oxygens (including phenoxy) is 3. The Labute approximate surface area is 105 Å². The third kappa shape index (κ3) is 2.50. The number of hydrogen-bond acceptors (Lipinski definition) is 3. The maximum atomic E-state index is 5.45. The summed E-state index contributed by atoms with van der Waals surface area (Å²) in [6.07, 6.45) is 0. The maximum Gasteiger partial charge on any atom is 0.161 e. The van der Waals surface area contributed by atoms with Gasteiger partial charge in [0.05, 0.1) is 19.8 Å². The number of benzene rings is 1. The average Bonchev–Trinajstić information content (AvgIpc) is 2.28. The first kappa shape index (κ1) is 13.3. The van der Waals surface area contributed by atoms with Crippen LogP contribution < -0.4 is 9.47 Å². The van der Waals surface area contributed by atoms with Crippen LogP contribution in [0, 0.1) is 0 Å². The lowest BCUT2D eigenvalue weighted by molar-refractivity contribution is 0.0184. The number of methoxy groups -OCH3 is 3. The second kappa shape index (κ2) is 5.06. The smallest absolute Gasteiger partial charge is 0.161 e. The predicted octanol–water partition coefficient (Wildman–Crippen LogP) is 3.35. The van der Waals surface area contributed by atoms with Gasteiger partial charge in [0.2, 0.25) is 0 Å². The van der Waals surface area contributed by atoms with E-state index in [1.165, 1.54) is 0 Å². The van der Waals surface area contributed by atoms with Gasteiger partial charge in [-0.15, -0.1) is 0 Å². The molecule has 0 atom stereocenters. The van der Waals surface area contributed by atoms with Crippen molar-refractivity contribution in [2.24, 2.45) is 0 Å². The van der Waals surface area contributed by atoms with Crippen LogP contribution in [0.3, 0.4) is 0 Å². The van der Waals surface area contributed by atoms with Crippen molar-refractivity contribution in [3.05, 3.63) is 22.2 Å². The van der Waals surface area contributed by atoms with Gasteiger partial charge in [-0.2, -0.15) is 0 Å². The SMILES string of the molecule is COc1cc(Br)c(C(C)(C)OC)cc1OC. The Bertz CT molecular complexity index is 375. The lowest BCUT2D eigenvalue weighted by Crippen LogP contribution is -2.20. The highest BCUT2D eigenvalue weighted by molar-refractivity contribution is 9.10. The van der Waals surface area contributed by atoms with E-state index in [-0.39, 0.29) is 5.60 Å². The number of hydrogen-bond donors (Lipinski definition) is 0. The van der Waals surface area contributed by atoms with Crippen LogP contribution in [-0.2, 0) is 10.3 Å². The predicted molar refractivity (Wildman–Crippen MR) is 67.3 cm³/mol. The molecule has 0 aliphatic heterocycles. The van der Waals surface area contributed by atoms with Gasteiger partial charge in [-0.1, -0.05) is 15.9 Å². The Morgan fingerprint density at radius 1 is 1.00 bits per heavy atom. The third-order valence-corrected chi connectivity index (χ3v) is 3.29. The normalized spacial score (nSPS) is 11.4.